The first-order chi connectivity index (χ1) is 13.3. The fourth-order valence-corrected chi connectivity index (χ4v) is 3.84. The zero-order valence-corrected chi connectivity index (χ0v) is 17.9. The Hall–Kier alpha value is -1.62. The monoisotopic (exact) mass is 410 g/mol. The standard InChI is InChI=1S/C13H20.C5H8O3.C5H10O2.CH4/c1-3-12-10(2)8-9-11-6-4-5-7-13(11)12;6-4-1-2-8-5(7)3-4;1-3-4(2)5(6)7;/h6,8-10,12-13H,3-5,7H2,1-2H3;4,6H,1-3H2;4H,3H2,1-2H3,(H,6,7);1H4. The molecule has 3 rings (SSSR count). The second kappa shape index (κ2) is 14.4. The van der Waals surface area contributed by atoms with E-state index in [4.69, 9.17) is 10.2 Å². The van der Waals surface area contributed by atoms with Crippen molar-refractivity contribution in [2.24, 2.45) is 23.7 Å². The number of carbonyl (C=O) groups is 2. The summed E-state index contributed by atoms with van der Waals surface area (Å²) in [6.45, 7) is 8.64. The van der Waals surface area contributed by atoms with Crippen LogP contribution in [0.1, 0.15) is 80.1 Å². The summed E-state index contributed by atoms with van der Waals surface area (Å²) in [6.07, 6.45) is 13.7. The van der Waals surface area contributed by atoms with E-state index in [1.165, 1.54) is 25.7 Å². The zero-order chi connectivity index (χ0) is 21.1. The molecule has 1 saturated heterocycles. The van der Waals surface area contributed by atoms with Crippen molar-refractivity contribution >= 4 is 11.9 Å². The number of carbonyl (C=O) groups excluding carboxylic acids is 1. The predicted octanol–water partition coefficient (Wildman–Crippen LogP) is 5.38. The van der Waals surface area contributed by atoms with Crippen LogP contribution in [-0.4, -0.2) is 34.9 Å². The van der Waals surface area contributed by atoms with Gasteiger partial charge in [0.05, 0.1) is 25.0 Å². The summed E-state index contributed by atoms with van der Waals surface area (Å²) in [4.78, 5) is 20.2. The van der Waals surface area contributed by atoms with Crippen LogP contribution in [0.15, 0.2) is 23.8 Å². The molecule has 5 nitrogen and oxygen atoms in total. The molecule has 0 bridgehead atoms. The van der Waals surface area contributed by atoms with Crippen molar-refractivity contribution in [3.05, 3.63) is 23.8 Å². The van der Waals surface area contributed by atoms with Crippen LogP contribution in [-0.2, 0) is 14.3 Å². The summed E-state index contributed by atoms with van der Waals surface area (Å²) in [5, 5.41) is 17.0. The number of hydrogen-bond acceptors (Lipinski definition) is 4. The first-order valence-electron chi connectivity index (χ1n) is 10.7. The number of cyclic esters (lactones) is 1. The number of aliphatic hydroxyl groups is 1. The molecule has 0 saturated carbocycles. The van der Waals surface area contributed by atoms with Gasteiger partial charge in [0, 0.05) is 6.42 Å². The van der Waals surface area contributed by atoms with Gasteiger partial charge in [0.15, 0.2) is 0 Å². The molecule has 168 valence electrons. The highest BCUT2D eigenvalue weighted by molar-refractivity contribution is 5.70. The van der Waals surface area contributed by atoms with Crippen LogP contribution >= 0.6 is 0 Å². The molecule has 1 fully saturated rings. The van der Waals surface area contributed by atoms with Gasteiger partial charge >= 0.3 is 11.9 Å². The third-order valence-electron chi connectivity index (χ3n) is 5.93. The fraction of sp³-hybridized carbons (Fsp3) is 0.750. The van der Waals surface area contributed by atoms with E-state index in [1.807, 2.05) is 6.92 Å². The van der Waals surface area contributed by atoms with E-state index in [1.54, 1.807) is 12.5 Å². The van der Waals surface area contributed by atoms with Crippen molar-refractivity contribution < 1.29 is 24.5 Å². The number of esters is 1. The Kier molecular flexibility index (Phi) is 13.6. The number of rotatable bonds is 3. The Morgan fingerprint density at radius 3 is 2.45 bits per heavy atom. The molecule has 0 radical (unpaired) electrons. The average molecular weight is 411 g/mol. The maximum atomic E-state index is 10.3. The van der Waals surface area contributed by atoms with E-state index >= 15 is 0 Å². The van der Waals surface area contributed by atoms with Crippen LogP contribution in [0, 0.1) is 23.7 Å². The first kappa shape index (κ1) is 27.4. The molecule has 0 aromatic heterocycles. The Morgan fingerprint density at radius 1 is 1.31 bits per heavy atom. The number of carboxylic acids is 1. The van der Waals surface area contributed by atoms with E-state index in [0.29, 0.717) is 13.0 Å². The lowest BCUT2D eigenvalue weighted by Crippen LogP contribution is -2.26. The van der Waals surface area contributed by atoms with E-state index in [0.717, 1.165) is 24.2 Å². The van der Waals surface area contributed by atoms with Crippen LogP contribution in [0.4, 0.5) is 0 Å². The van der Waals surface area contributed by atoms with Crippen LogP contribution in [0.5, 0.6) is 0 Å². The third kappa shape index (κ3) is 9.62. The molecule has 0 spiro atoms. The number of hydrogen-bond donors (Lipinski definition) is 2. The van der Waals surface area contributed by atoms with Crippen LogP contribution < -0.4 is 0 Å². The molecule has 1 heterocycles. The van der Waals surface area contributed by atoms with Crippen molar-refractivity contribution in [2.45, 2.75) is 86.2 Å². The lowest BCUT2D eigenvalue weighted by atomic mass is 9.69. The van der Waals surface area contributed by atoms with E-state index in [-0.39, 0.29) is 25.7 Å². The van der Waals surface area contributed by atoms with Gasteiger partial charge in [-0.2, -0.15) is 0 Å². The Balaban J connectivity index is 0.000000428. The van der Waals surface area contributed by atoms with Gasteiger partial charge in [-0.3, -0.25) is 9.59 Å². The van der Waals surface area contributed by atoms with Gasteiger partial charge in [-0.1, -0.05) is 59.8 Å². The van der Waals surface area contributed by atoms with Crippen molar-refractivity contribution in [3.8, 4) is 0 Å². The summed E-state index contributed by atoms with van der Waals surface area (Å²) in [5.41, 5.74) is 1.64. The Morgan fingerprint density at radius 2 is 2.00 bits per heavy atom. The molecule has 0 amide bonds. The van der Waals surface area contributed by atoms with Crippen molar-refractivity contribution in [2.75, 3.05) is 6.61 Å². The smallest absolute Gasteiger partial charge is 0.308 e. The molecule has 3 aliphatic rings. The normalized spacial score (nSPS) is 28.6. The largest absolute Gasteiger partial charge is 0.481 e. The van der Waals surface area contributed by atoms with Gasteiger partial charge in [0.2, 0.25) is 0 Å². The number of carboxylic acid groups (broad SMARTS) is 1. The molecule has 0 aromatic carbocycles. The minimum absolute atomic E-state index is 0. The molecule has 5 heteroatoms. The second-order valence-corrected chi connectivity index (χ2v) is 8.05. The molecule has 0 aromatic rings. The zero-order valence-electron chi connectivity index (χ0n) is 17.9. The van der Waals surface area contributed by atoms with Crippen LogP contribution in [0.3, 0.4) is 0 Å². The maximum Gasteiger partial charge on any atom is 0.308 e. The number of fused-ring (bicyclic) bond motifs is 1. The van der Waals surface area contributed by atoms with Crippen molar-refractivity contribution in [1.82, 2.24) is 0 Å². The number of allylic oxidation sites excluding steroid dienone is 4. The van der Waals surface area contributed by atoms with Gasteiger partial charge in [0.25, 0.3) is 0 Å². The minimum atomic E-state index is -0.706. The summed E-state index contributed by atoms with van der Waals surface area (Å²) >= 11 is 0. The topological polar surface area (TPSA) is 83.8 Å². The van der Waals surface area contributed by atoms with Gasteiger partial charge in [-0.25, -0.2) is 0 Å². The third-order valence-corrected chi connectivity index (χ3v) is 5.93. The van der Waals surface area contributed by atoms with Gasteiger partial charge in [0.1, 0.15) is 0 Å². The van der Waals surface area contributed by atoms with Crippen molar-refractivity contribution in [1.29, 1.82) is 0 Å². The highest BCUT2D eigenvalue weighted by Gasteiger charge is 2.30. The molecule has 2 aliphatic carbocycles. The van der Waals surface area contributed by atoms with Gasteiger partial charge < -0.3 is 14.9 Å². The summed E-state index contributed by atoms with van der Waals surface area (Å²) < 4.78 is 4.55. The molecule has 5 atom stereocenters. The SMILES string of the molecule is C.CCC(C)C(=O)O.CCC1C(C)C=CC2=CCCCC21.O=C1CC(O)CCO1. The van der Waals surface area contributed by atoms with E-state index < -0.39 is 12.1 Å². The molecule has 29 heavy (non-hydrogen) atoms. The average Bonchev–Trinajstić information content (AvgIpc) is 2.68. The second-order valence-electron chi connectivity index (χ2n) is 8.05. The maximum absolute atomic E-state index is 10.3. The molecular formula is C24H42O5. The number of aliphatic carboxylic acids is 1. The molecule has 1 aliphatic heterocycles. The van der Waals surface area contributed by atoms with Crippen LogP contribution in [0.2, 0.25) is 0 Å². The highest BCUT2D eigenvalue weighted by Crippen LogP contribution is 2.41. The number of ether oxygens (including phenoxy) is 1. The summed E-state index contributed by atoms with van der Waals surface area (Å²) in [6, 6.07) is 0. The lowest BCUT2D eigenvalue weighted by molar-refractivity contribution is -0.151. The van der Waals surface area contributed by atoms with E-state index in [2.05, 4.69) is 36.8 Å². The number of aliphatic hydroxyl groups excluding tert-OH is 1. The fourth-order valence-electron chi connectivity index (χ4n) is 3.84. The van der Waals surface area contributed by atoms with Crippen LogP contribution in [0.25, 0.3) is 0 Å². The van der Waals surface area contributed by atoms with E-state index in [9.17, 15) is 9.59 Å². The minimum Gasteiger partial charge on any atom is -0.481 e. The Labute approximate surface area is 177 Å². The van der Waals surface area contributed by atoms with Gasteiger partial charge in [-0.05, 0) is 49.0 Å². The molecular weight excluding hydrogens is 368 g/mol. The molecule has 2 N–H and O–H groups in total. The van der Waals surface area contributed by atoms with Crippen molar-refractivity contribution in [3.63, 3.8) is 0 Å². The highest BCUT2D eigenvalue weighted by atomic mass is 16.5. The molecule has 5 unspecified atom stereocenters. The Bertz CT molecular complexity index is 551. The lowest BCUT2D eigenvalue weighted by Gasteiger charge is -2.36. The summed E-state index contributed by atoms with van der Waals surface area (Å²) in [7, 11) is 0. The quantitative estimate of drug-likeness (QED) is 0.610. The predicted molar refractivity (Wildman–Crippen MR) is 118 cm³/mol. The van der Waals surface area contributed by atoms with Gasteiger partial charge in [-0.15, -0.1) is 0 Å². The first-order valence-corrected chi connectivity index (χ1v) is 10.7. The summed E-state index contributed by atoms with van der Waals surface area (Å²) in [5.74, 6) is 1.42.